The van der Waals surface area contributed by atoms with Gasteiger partial charge in [-0.25, -0.2) is 4.79 Å². The van der Waals surface area contributed by atoms with E-state index in [1.165, 1.54) is 37.0 Å². The number of hydrogen-bond acceptors (Lipinski definition) is 5. The third kappa shape index (κ3) is 2.53. The summed E-state index contributed by atoms with van der Waals surface area (Å²) in [6, 6.07) is 0.169. The van der Waals surface area contributed by atoms with Gasteiger partial charge in [-0.2, -0.15) is 0 Å². The first-order valence-electron chi connectivity index (χ1n) is 7.59. The monoisotopic (exact) mass is 310 g/mol. The molecule has 1 spiro atoms. The Bertz CT molecular complexity index is 487. The molecule has 116 valence electrons. The van der Waals surface area contributed by atoms with E-state index in [4.69, 9.17) is 4.74 Å². The van der Waals surface area contributed by atoms with Crippen LogP contribution < -0.4 is 5.32 Å². The quantitative estimate of drug-likeness (QED) is 0.928. The number of hydrogen-bond donors (Lipinski definition) is 1. The predicted octanol–water partition coefficient (Wildman–Crippen LogP) is 2.74. The van der Waals surface area contributed by atoms with Gasteiger partial charge in [-0.1, -0.05) is 24.2 Å². The summed E-state index contributed by atoms with van der Waals surface area (Å²) in [5.74, 6) is 0. The van der Waals surface area contributed by atoms with E-state index >= 15 is 0 Å². The minimum Gasteiger partial charge on any atom is -0.378 e. The van der Waals surface area contributed by atoms with Crippen LogP contribution in [0.1, 0.15) is 39.0 Å². The topological polar surface area (TPSA) is 67.3 Å². The highest BCUT2D eigenvalue weighted by Crippen LogP contribution is 2.56. The van der Waals surface area contributed by atoms with Crippen molar-refractivity contribution in [2.45, 2.75) is 51.2 Å². The van der Waals surface area contributed by atoms with Crippen LogP contribution in [-0.2, 0) is 4.74 Å². The maximum atomic E-state index is 12.4. The first kappa shape index (κ1) is 14.7. The maximum Gasteiger partial charge on any atom is 0.323 e. The third-order valence-electron chi connectivity index (χ3n) is 5.01. The Morgan fingerprint density at radius 1 is 1.57 bits per heavy atom. The van der Waals surface area contributed by atoms with Crippen LogP contribution in [0.25, 0.3) is 0 Å². The third-order valence-corrected chi connectivity index (χ3v) is 5.61. The molecule has 0 aromatic carbocycles. The highest BCUT2D eigenvalue weighted by molar-refractivity contribution is 7.13. The Morgan fingerprint density at radius 3 is 2.95 bits per heavy atom. The summed E-state index contributed by atoms with van der Waals surface area (Å²) < 4.78 is 5.90. The average molecular weight is 310 g/mol. The van der Waals surface area contributed by atoms with Crippen molar-refractivity contribution in [1.29, 1.82) is 0 Å². The molecule has 1 aromatic rings. The lowest BCUT2D eigenvalue weighted by Gasteiger charge is -2.56. The predicted molar refractivity (Wildman–Crippen MR) is 81.4 cm³/mol. The molecular formula is C14H22N4O2S. The van der Waals surface area contributed by atoms with Gasteiger partial charge in [-0.3, -0.25) is 5.32 Å². The lowest BCUT2D eigenvalue weighted by atomic mass is 9.60. The van der Waals surface area contributed by atoms with E-state index in [2.05, 4.69) is 15.5 Å². The summed E-state index contributed by atoms with van der Waals surface area (Å²) >= 11 is 1.33. The molecule has 0 saturated heterocycles. The number of carbonyl (C=O) groups is 1. The number of urea groups is 1. The smallest absolute Gasteiger partial charge is 0.323 e. The second-order valence-electron chi connectivity index (χ2n) is 5.92. The SMILES string of the molecule is CCO[C@@H]1C[C@H](N(C)C(=O)Nc2nncs2)C12CCCC2. The number of anilines is 1. The molecule has 1 N–H and O–H groups in total. The first-order chi connectivity index (χ1) is 10.2. The van der Waals surface area contributed by atoms with E-state index in [0.29, 0.717) is 11.2 Å². The van der Waals surface area contributed by atoms with Crippen molar-refractivity contribution in [3.05, 3.63) is 5.51 Å². The Balaban J connectivity index is 1.67. The number of nitrogens with one attached hydrogen (secondary N) is 1. The second kappa shape index (κ2) is 5.88. The van der Waals surface area contributed by atoms with Gasteiger partial charge < -0.3 is 9.64 Å². The second-order valence-corrected chi connectivity index (χ2v) is 6.75. The zero-order valence-electron chi connectivity index (χ0n) is 12.5. The standard InChI is InChI=1S/C14H22N4O2S/c1-3-20-11-8-10(14(11)6-4-5-7-14)18(2)13(19)16-12-17-15-9-21-12/h9-11H,3-8H2,1-2H3,(H,16,17,19)/t10-,11+/m0/s1. The molecule has 21 heavy (non-hydrogen) atoms. The molecule has 2 aliphatic carbocycles. The number of rotatable bonds is 4. The number of aromatic nitrogens is 2. The van der Waals surface area contributed by atoms with Gasteiger partial charge in [-0.15, -0.1) is 10.2 Å². The molecule has 0 bridgehead atoms. The molecule has 3 rings (SSSR count). The fourth-order valence-electron chi connectivity index (χ4n) is 3.94. The summed E-state index contributed by atoms with van der Waals surface area (Å²) in [6.45, 7) is 2.79. The van der Waals surface area contributed by atoms with Crippen molar-refractivity contribution in [3.63, 3.8) is 0 Å². The van der Waals surface area contributed by atoms with Crippen molar-refractivity contribution in [2.24, 2.45) is 5.41 Å². The molecule has 6 nitrogen and oxygen atoms in total. The lowest BCUT2D eigenvalue weighted by molar-refractivity contribution is -0.150. The average Bonchev–Trinajstić information content (AvgIpc) is 3.14. The Labute approximate surface area is 128 Å². The molecule has 1 heterocycles. The number of amides is 2. The van der Waals surface area contributed by atoms with Crippen LogP contribution in [0.2, 0.25) is 0 Å². The first-order valence-corrected chi connectivity index (χ1v) is 8.47. The van der Waals surface area contributed by atoms with E-state index in [9.17, 15) is 4.79 Å². The molecular weight excluding hydrogens is 288 g/mol. The highest BCUT2D eigenvalue weighted by atomic mass is 32.1. The van der Waals surface area contributed by atoms with E-state index in [0.717, 1.165) is 13.0 Å². The van der Waals surface area contributed by atoms with Crippen molar-refractivity contribution < 1.29 is 9.53 Å². The largest absolute Gasteiger partial charge is 0.378 e. The van der Waals surface area contributed by atoms with Crippen LogP contribution >= 0.6 is 11.3 Å². The molecule has 2 aliphatic rings. The fraction of sp³-hybridized carbons (Fsp3) is 0.786. The van der Waals surface area contributed by atoms with Gasteiger partial charge in [0.1, 0.15) is 5.51 Å². The summed E-state index contributed by atoms with van der Waals surface area (Å²) in [6.07, 6.45) is 6.07. The van der Waals surface area contributed by atoms with E-state index < -0.39 is 0 Å². The van der Waals surface area contributed by atoms with Crippen LogP contribution in [0.4, 0.5) is 9.93 Å². The van der Waals surface area contributed by atoms with Crippen LogP contribution in [0.15, 0.2) is 5.51 Å². The molecule has 0 unspecified atom stereocenters. The van der Waals surface area contributed by atoms with E-state index in [-0.39, 0.29) is 17.5 Å². The molecule has 0 radical (unpaired) electrons. The van der Waals surface area contributed by atoms with E-state index in [1.54, 1.807) is 5.51 Å². The lowest BCUT2D eigenvalue weighted by Crippen LogP contribution is -2.64. The molecule has 2 fully saturated rings. The van der Waals surface area contributed by atoms with Crippen molar-refractivity contribution >= 4 is 22.5 Å². The summed E-state index contributed by atoms with van der Waals surface area (Å²) in [7, 11) is 1.88. The Hall–Kier alpha value is -1.21. The number of nitrogens with zero attached hydrogens (tertiary/aromatic N) is 3. The van der Waals surface area contributed by atoms with Crippen LogP contribution in [0.3, 0.4) is 0 Å². The molecule has 0 aliphatic heterocycles. The van der Waals surface area contributed by atoms with Gasteiger partial charge in [0.05, 0.1) is 6.10 Å². The maximum absolute atomic E-state index is 12.4. The molecule has 2 atom stereocenters. The summed E-state index contributed by atoms with van der Waals surface area (Å²) in [5, 5.41) is 11.0. The molecule has 7 heteroatoms. The Morgan fingerprint density at radius 2 is 2.33 bits per heavy atom. The Kier molecular flexibility index (Phi) is 4.12. The van der Waals surface area contributed by atoms with Gasteiger partial charge >= 0.3 is 6.03 Å². The van der Waals surface area contributed by atoms with Crippen molar-refractivity contribution in [1.82, 2.24) is 15.1 Å². The zero-order chi connectivity index (χ0) is 14.9. The van der Waals surface area contributed by atoms with E-state index in [1.807, 2.05) is 18.9 Å². The van der Waals surface area contributed by atoms with Gasteiger partial charge in [-0.05, 0) is 26.2 Å². The minimum absolute atomic E-state index is 0.0991. The van der Waals surface area contributed by atoms with Crippen LogP contribution in [0, 0.1) is 5.41 Å². The minimum atomic E-state index is -0.0991. The van der Waals surface area contributed by atoms with Crippen molar-refractivity contribution in [2.75, 3.05) is 19.0 Å². The normalized spacial score (nSPS) is 26.6. The van der Waals surface area contributed by atoms with Gasteiger partial charge in [0, 0.05) is 25.1 Å². The van der Waals surface area contributed by atoms with Crippen LogP contribution in [-0.4, -0.2) is 46.9 Å². The van der Waals surface area contributed by atoms with Gasteiger partial charge in [0.2, 0.25) is 5.13 Å². The summed E-state index contributed by atoms with van der Waals surface area (Å²) in [5.41, 5.74) is 1.78. The summed E-state index contributed by atoms with van der Waals surface area (Å²) in [4.78, 5) is 14.2. The van der Waals surface area contributed by atoms with Gasteiger partial charge in [0.15, 0.2) is 0 Å². The van der Waals surface area contributed by atoms with Crippen molar-refractivity contribution in [3.8, 4) is 0 Å². The highest BCUT2D eigenvalue weighted by Gasteiger charge is 2.58. The molecule has 2 amide bonds. The molecule has 1 aromatic heterocycles. The van der Waals surface area contributed by atoms with Crippen LogP contribution in [0.5, 0.6) is 0 Å². The van der Waals surface area contributed by atoms with Gasteiger partial charge in [0.25, 0.3) is 0 Å². The zero-order valence-corrected chi connectivity index (χ0v) is 13.4. The fourth-order valence-corrected chi connectivity index (χ4v) is 4.38. The number of ether oxygens (including phenoxy) is 1. The molecule has 2 saturated carbocycles. The number of carbonyl (C=O) groups excluding carboxylic acids is 1.